The summed E-state index contributed by atoms with van der Waals surface area (Å²) in [5.74, 6) is 0.568. The average Bonchev–Trinajstić information content (AvgIpc) is 2.94. The van der Waals surface area contributed by atoms with Crippen molar-refractivity contribution < 1.29 is 19.4 Å². The van der Waals surface area contributed by atoms with E-state index in [-0.39, 0.29) is 6.04 Å². The monoisotopic (exact) mass is 308 g/mol. The van der Waals surface area contributed by atoms with E-state index in [2.05, 4.69) is 4.98 Å². The first-order valence-corrected chi connectivity index (χ1v) is 7.49. The summed E-state index contributed by atoms with van der Waals surface area (Å²) in [5.41, 5.74) is 0.0340. The number of ether oxygens (including phenoxy) is 2. The van der Waals surface area contributed by atoms with Gasteiger partial charge < -0.3 is 19.5 Å². The first kappa shape index (κ1) is 16.5. The minimum absolute atomic E-state index is 0.326. The number of carbonyl (C=O) groups is 1. The van der Waals surface area contributed by atoms with Gasteiger partial charge >= 0.3 is 6.09 Å². The molecule has 0 bridgehead atoms. The molecule has 0 radical (unpaired) electrons. The number of pyridine rings is 1. The molecule has 1 aliphatic rings. The highest BCUT2D eigenvalue weighted by Crippen LogP contribution is 2.34. The van der Waals surface area contributed by atoms with Crippen LogP contribution in [0.15, 0.2) is 18.5 Å². The molecular formula is C16H24N2O4. The normalized spacial score (nSPS) is 19.9. The Morgan fingerprint density at radius 3 is 2.86 bits per heavy atom. The number of aliphatic hydroxyl groups is 1. The van der Waals surface area contributed by atoms with Gasteiger partial charge in [0.1, 0.15) is 17.5 Å². The molecule has 1 amide bonds. The Labute approximate surface area is 131 Å². The fraction of sp³-hybridized carbons (Fsp3) is 0.625. The van der Waals surface area contributed by atoms with Crippen molar-refractivity contribution in [2.24, 2.45) is 0 Å². The standard InChI is InChI=1S/C16H24N2O4/c1-16(2,3)22-15(20)18-9-5-6-12(18)14(19)11-10-17-8-7-13(11)21-4/h7-8,10,12,14,19H,5-6,9H2,1-4H3/t12-,14?/m1/s1. The second-order valence-electron chi connectivity index (χ2n) is 6.45. The van der Waals surface area contributed by atoms with Crippen LogP contribution in [0.25, 0.3) is 0 Å². The lowest BCUT2D eigenvalue weighted by atomic mass is 10.0. The molecule has 0 aromatic carbocycles. The zero-order chi connectivity index (χ0) is 16.3. The summed E-state index contributed by atoms with van der Waals surface area (Å²) in [4.78, 5) is 17.9. The highest BCUT2D eigenvalue weighted by atomic mass is 16.6. The van der Waals surface area contributed by atoms with Crippen LogP contribution in [0.1, 0.15) is 45.3 Å². The van der Waals surface area contributed by atoms with E-state index in [1.807, 2.05) is 20.8 Å². The van der Waals surface area contributed by atoms with Crippen LogP contribution < -0.4 is 4.74 Å². The Bertz CT molecular complexity index is 527. The molecule has 1 aromatic rings. The minimum Gasteiger partial charge on any atom is -0.496 e. The van der Waals surface area contributed by atoms with E-state index in [1.165, 1.54) is 0 Å². The van der Waals surface area contributed by atoms with Gasteiger partial charge in [-0.25, -0.2) is 4.79 Å². The first-order valence-electron chi connectivity index (χ1n) is 7.49. The van der Waals surface area contributed by atoms with Crippen LogP contribution in [0, 0.1) is 0 Å². The van der Waals surface area contributed by atoms with E-state index in [4.69, 9.17) is 9.47 Å². The minimum atomic E-state index is -0.848. The van der Waals surface area contributed by atoms with Gasteiger partial charge in [-0.05, 0) is 39.7 Å². The Morgan fingerprint density at radius 2 is 2.23 bits per heavy atom. The zero-order valence-electron chi connectivity index (χ0n) is 13.6. The van der Waals surface area contributed by atoms with Crippen molar-refractivity contribution in [1.82, 2.24) is 9.88 Å². The van der Waals surface area contributed by atoms with Gasteiger partial charge in [-0.1, -0.05) is 0 Å². The van der Waals surface area contributed by atoms with Gasteiger partial charge in [0.2, 0.25) is 0 Å². The van der Waals surface area contributed by atoms with E-state index < -0.39 is 17.8 Å². The summed E-state index contributed by atoms with van der Waals surface area (Å²) in [5, 5.41) is 10.7. The maximum absolute atomic E-state index is 12.3. The summed E-state index contributed by atoms with van der Waals surface area (Å²) >= 11 is 0. The van der Waals surface area contributed by atoms with Crippen molar-refractivity contribution in [2.75, 3.05) is 13.7 Å². The third kappa shape index (κ3) is 3.68. The molecule has 0 aliphatic carbocycles. The van der Waals surface area contributed by atoms with Crippen molar-refractivity contribution in [3.8, 4) is 5.75 Å². The number of nitrogens with zero attached hydrogens (tertiary/aromatic N) is 2. The van der Waals surface area contributed by atoms with E-state index in [0.29, 0.717) is 17.9 Å². The summed E-state index contributed by atoms with van der Waals surface area (Å²) in [7, 11) is 1.55. The smallest absolute Gasteiger partial charge is 0.410 e. The molecule has 0 saturated carbocycles. The van der Waals surface area contributed by atoms with Gasteiger partial charge in [0, 0.05) is 24.5 Å². The third-order valence-electron chi connectivity index (χ3n) is 3.64. The first-order chi connectivity index (χ1) is 10.3. The largest absolute Gasteiger partial charge is 0.496 e. The maximum atomic E-state index is 12.3. The van der Waals surface area contributed by atoms with E-state index >= 15 is 0 Å². The number of hydrogen-bond donors (Lipinski definition) is 1. The molecular weight excluding hydrogens is 284 g/mol. The molecule has 2 atom stereocenters. The molecule has 1 N–H and O–H groups in total. The fourth-order valence-electron chi connectivity index (χ4n) is 2.68. The molecule has 1 fully saturated rings. The highest BCUT2D eigenvalue weighted by Gasteiger charge is 2.37. The second kappa shape index (κ2) is 6.52. The Morgan fingerprint density at radius 1 is 1.50 bits per heavy atom. The zero-order valence-corrected chi connectivity index (χ0v) is 13.6. The summed E-state index contributed by atoms with van der Waals surface area (Å²) in [6.07, 6.45) is 3.50. The van der Waals surface area contributed by atoms with Crippen LogP contribution in [0.3, 0.4) is 0 Å². The lowest BCUT2D eigenvalue weighted by Crippen LogP contribution is -2.42. The predicted molar refractivity (Wildman–Crippen MR) is 81.7 cm³/mol. The van der Waals surface area contributed by atoms with Crippen LogP contribution in [0.2, 0.25) is 0 Å². The fourth-order valence-corrected chi connectivity index (χ4v) is 2.68. The van der Waals surface area contributed by atoms with Crippen molar-refractivity contribution in [2.45, 2.75) is 51.4 Å². The molecule has 6 nitrogen and oxygen atoms in total. The van der Waals surface area contributed by atoms with Crippen LogP contribution in [0.5, 0.6) is 5.75 Å². The van der Waals surface area contributed by atoms with Crippen molar-refractivity contribution in [3.63, 3.8) is 0 Å². The average molecular weight is 308 g/mol. The molecule has 6 heteroatoms. The molecule has 1 unspecified atom stereocenters. The Balaban J connectivity index is 2.18. The molecule has 2 rings (SSSR count). The van der Waals surface area contributed by atoms with E-state index in [9.17, 15) is 9.90 Å². The lowest BCUT2D eigenvalue weighted by molar-refractivity contribution is 0.00448. The number of hydrogen-bond acceptors (Lipinski definition) is 5. The number of rotatable bonds is 3. The third-order valence-corrected chi connectivity index (χ3v) is 3.64. The number of methoxy groups -OCH3 is 1. The van der Waals surface area contributed by atoms with Gasteiger partial charge in [0.15, 0.2) is 0 Å². The highest BCUT2D eigenvalue weighted by molar-refractivity contribution is 5.69. The number of amides is 1. The molecule has 122 valence electrons. The van der Waals surface area contributed by atoms with E-state index in [0.717, 1.165) is 12.8 Å². The lowest BCUT2D eigenvalue weighted by Gasteiger charge is -2.31. The molecule has 1 saturated heterocycles. The van der Waals surface area contributed by atoms with Crippen molar-refractivity contribution in [1.29, 1.82) is 0 Å². The number of aliphatic hydroxyl groups excluding tert-OH is 1. The molecule has 0 spiro atoms. The summed E-state index contributed by atoms with van der Waals surface area (Å²) < 4.78 is 10.7. The SMILES string of the molecule is COc1ccncc1C(O)[C@H]1CCCN1C(=O)OC(C)(C)C. The van der Waals surface area contributed by atoms with Crippen LogP contribution in [-0.4, -0.2) is 46.4 Å². The Kier molecular flexibility index (Phi) is 4.90. The van der Waals surface area contributed by atoms with Crippen molar-refractivity contribution in [3.05, 3.63) is 24.0 Å². The van der Waals surface area contributed by atoms with Gasteiger partial charge in [-0.2, -0.15) is 0 Å². The van der Waals surface area contributed by atoms with Crippen LogP contribution in [0.4, 0.5) is 4.79 Å². The summed E-state index contributed by atoms with van der Waals surface area (Å²) in [6.45, 7) is 6.07. The number of likely N-dealkylation sites (tertiary alicyclic amines) is 1. The summed E-state index contributed by atoms with van der Waals surface area (Å²) in [6, 6.07) is 1.37. The second-order valence-corrected chi connectivity index (χ2v) is 6.45. The predicted octanol–water partition coefficient (Wildman–Crippen LogP) is 2.52. The quantitative estimate of drug-likeness (QED) is 0.929. The molecule has 1 aromatic heterocycles. The molecule has 2 heterocycles. The number of carbonyl (C=O) groups excluding carboxylic acids is 1. The van der Waals surface area contributed by atoms with Gasteiger partial charge in [-0.3, -0.25) is 4.98 Å². The van der Waals surface area contributed by atoms with Gasteiger partial charge in [-0.15, -0.1) is 0 Å². The van der Waals surface area contributed by atoms with Gasteiger partial charge in [0.05, 0.1) is 13.2 Å². The van der Waals surface area contributed by atoms with Crippen molar-refractivity contribution >= 4 is 6.09 Å². The topological polar surface area (TPSA) is 71.9 Å². The molecule has 1 aliphatic heterocycles. The molecule has 22 heavy (non-hydrogen) atoms. The Hall–Kier alpha value is -1.82. The van der Waals surface area contributed by atoms with Crippen LogP contribution >= 0.6 is 0 Å². The van der Waals surface area contributed by atoms with E-state index in [1.54, 1.807) is 30.5 Å². The maximum Gasteiger partial charge on any atom is 0.410 e. The van der Waals surface area contributed by atoms with Crippen LogP contribution in [-0.2, 0) is 4.74 Å². The number of aromatic nitrogens is 1. The van der Waals surface area contributed by atoms with Gasteiger partial charge in [0.25, 0.3) is 0 Å².